The lowest BCUT2D eigenvalue weighted by atomic mass is 9.86. The molecule has 2 unspecified atom stereocenters. The number of piperazine rings is 1. The number of ether oxygens (including phenoxy) is 1. The highest BCUT2D eigenvalue weighted by molar-refractivity contribution is 5.92. The highest BCUT2D eigenvalue weighted by Crippen LogP contribution is 2.55. The zero-order chi connectivity index (χ0) is 27.9. The average molecular weight is 565 g/mol. The van der Waals surface area contributed by atoms with Crippen LogP contribution >= 0.6 is 0 Å². The van der Waals surface area contributed by atoms with Gasteiger partial charge in [0.1, 0.15) is 23.6 Å². The van der Waals surface area contributed by atoms with Crippen molar-refractivity contribution >= 4 is 22.8 Å². The van der Waals surface area contributed by atoms with E-state index < -0.39 is 0 Å². The molecule has 8 heteroatoms. The number of anilines is 1. The molecule has 2 aromatic heterocycles. The molecule has 1 saturated carbocycles. The SMILES string of the molecule is Fc1c(-c2cccc3c2C2(C=CC=C3)CC2)ncc2c(N3CC4CCC(C3)N4)nc(OCC34CCCN3CCC4)nc12. The first-order valence-corrected chi connectivity index (χ1v) is 15.9. The maximum Gasteiger partial charge on any atom is 0.319 e. The lowest BCUT2D eigenvalue weighted by molar-refractivity contribution is 0.108. The van der Waals surface area contributed by atoms with E-state index in [-0.39, 0.29) is 22.8 Å². The Morgan fingerprint density at radius 3 is 2.60 bits per heavy atom. The van der Waals surface area contributed by atoms with Gasteiger partial charge in [0.15, 0.2) is 5.82 Å². The van der Waals surface area contributed by atoms with E-state index in [0.717, 1.165) is 81.6 Å². The van der Waals surface area contributed by atoms with E-state index in [1.165, 1.54) is 18.4 Å². The molecule has 1 N–H and O–H groups in total. The largest absolute Gasteiger partial charge is 0.461 e. The third-order valence-electron chi connectivity index (χ3n) is 10.9. The van der Waals surface area contributed by atoms with Crippen LogP contribution in [0.3, 0.4) is 0 Å². The van der Waals surface area contributed by atoms with Gasteiger partial charge in [0.05, 0.1) is 10.9 Å². The van der Waals surface area contributed by atoms with Gasteiger partial charge in [0.25, 0.3) is 0 Å². The van der Waals surface area contributed by atoms with Crippen LogP contribution in [-0.4, -0.2) is 70.3 Å². The van der Waals surface area contributed by atoms with E-state index in [4.69, 9.17) is 19.7 Å². The van der Waals surface area contributed by atoms with E-state index in [9.17, 15) is 0 Å². The molecule has 6 heterocycles. The Kier molecular flexibility index (Phi) is 5.58. The zero-order valence-electron chi connectivity index (χ0n) is 24.0. The second-order valence-electron chi connectivity index (χ2n) is 13.4. The van der Waals surface area contributed by atoms with Gasteiger partial charge in [-0.1, -0.05) is 42.5 Å². The van der Waals surface area contributed by atoms with Crippen LogP contribution < -0.4 is 15.0 Å². The topological polar surface area (TPSA) is 66.4 Å². The molecule has 7 nitrogen and oxygen atoms in total. The van der Waals surface area contributed by atoms with Gasteiger partial charge in [-0.15, -0.1) is 0 Å². The minimum atomic E-state index is -0.387. The number of hydrogen-bond donors (Lipinski definition) is 1. The number of halogens is 1. The Bertz CT molecular complexity index is 1620. The zero-order valence-corrected chi connectivity index (χ0v) is 24.0. The van der Waals surface area contributed by atoms with Crippen LogP contribution in [0.4, 0.5) is 10.2 Å². The molecule has 0 radical (unpaired) electrons. The van der Waals surface area contributed by atoms with Crippen LogP contribution in [0.5, 0.6) is 6.01 Å². The van der Waals surface area contributed by atoms with Crippen molar-refractivity contribution < 1.29 is 9.13 Å². The average Bonchev–Trinajstić information content (AvgIpc) is 3.41. The van der Waals surface area contributed by atoms with Crippen molar-refractivity contribution in [2.24, 2.45) is 0 Å². The molecule has 1 aromatic carbocycles. The maximum atomic E-state index is 16.9. The minimum Gasteiger partial charge on any atom is -0.461 e. The summed E-state index contributed by atoms with van der Waals surface area (Å²) < 4.78 is 23.3. The fraction of sp³-hybridized carbons (Fsp3) is 0.500. The number of nitrogens with zero attached hydrogens (tertiary/aromatic N) is 5. The van der Waals surface area contributed by atoms with E-state index in [1.54, 1.807) is 6.20 Å². The molecule has 1 spiro atoms. The van der Waals surface area contributed by atoms with Gasteiger partial charge in [-0.2, -0.15) is 9.97 Å². The standard InChI is InChI=1S/C34H37FN6O/c35-28-29(25-8-3-7-22-6-1-2-11-33(14-15-33)27(22)25)36-18-26-30(28)38-32(42-21-34-12-4-16-41(34)17-5-13-34)39-31(26)40-19-23-9-10-24(20-40)37-23/h1-3,6-8,11,18,23-24,37H,4-5,9-10,12-17,19-21H2. The summed E-state index contributed by atoms with van der Waals surface area (Å²) in [6.45, 7) is 4.51. The molecule has 4 saturated heterocycles. The van der Waals surface area contributed by atoms with E-state index in [0.29, 0.717) is 35.3 Å². The molecular formula is C34H37FN6O. The molecule has 0 amide bonds. The number of rotatable bonds is 5. The van der Waals surface area contributed by atoms with Gasteiger partial charge < -0.3 is 15.0 Å². The van der Waals surface area contributed by atoms with E-state index >= 15 is 4.39 Å². The predicted molar refractivity (Wildman–Crippen MR) is 162 cm³/mol. The molecule has 3 aromatic rings. The van der Waals surface area contributed by atoms with E-state index in [1.807, 2.05) is 12.1 Å². The molecule has 2 bridgehead atoms. The second kappa shape index (κ2) is 9.32. The van der Waals surface area contributed by atoms with Crippen LogP contribution in [0.2, 0.25) is 0 Å². The van der Waals surface area contributed by atoms with Gasteiger partial charge in [0.2, 0.25) is 0 Å². The number of fused-ring (bicyclic) bond motifs is 6. The summed E-state index contributed by atoms with van der Waals surface area (Å²) in [5, 5.41) is 4.37. The van der Waals surface area contributed by atoms with Crippen molar-refractivity contribution in [3.8, 4) is 17.3 Å². The second-order valence-corrected chi connectivity index (χ2v) is 13.4. The van der Waals surface area contributed by atoms with Gasteiger partial charge in [-0.05, 0) is 75.6 Å². The quantitative estimate of drug-likeness (QED) is 0.446. The number of benzene rings is 1. The first kappa shape index (κ1) is 25.2. The highest BCUT2D eigenvalue weighted by Gasteiger charge is 2.46. The first-order valence-electron chi connectivity index (χ1n) is 15.9. The van der Waals surface area contributed by atoms with Crippen LogP contribution in [0, 0.1) is 5.82 Å². The molecule has 6 aliphatic rings. The van der Waals surface area contributed by atoms with Crippen molar-refractivity contribution in [2.75, 3.05) is 37.7 Å². The predicted octanol–water partition coefficient (Wildman–Crippen LogP) is 5.39. The summed E-state index contributed by atoms with van der Waals surface area (Å²) in [5.41, 5.74) is 3.85. The van der Waals surface area contributed by atoms with Crippen LogP contribution in [-0.2, 0) is 5.41 Å². The molecule has 9 rings (SSSR count). The van der Waals surface area contributed by atoms with Crippen molar-refractivity contribution in [3.63, 3.8) is 0 Å². The monoisotopic (exact) mass is 564 g/mol. The van der Waals surface area contributed by atoms with Gasteiger partial charge in [0, 0.05) is 42.3 Å². The summed E-state index contributed by atoms with van der Waals surface area (Å²) in [7, 11) is 0. The lowest BCUT2D eigenvalue weighted by Crippen LogP contribution is -2.51. The van der Waals surface area contributed by atoms with Gasteiger partial charge in [-0.25, -0.2) is 4.39 Å². The Hall–Kier alpha value is -3.36. The summed E-state index contributed by atoms with van der Waals surface area (Å²) in [5.74, 6) is 0.358. The molecule has 2 aliphatic carbocycles. The molecular weight excluding hydrogens is 527 g/mol. The highest BCUT2D eigenvalue weighted by atomic mass is 19.1. The summed E-state index contributed by atoms with van der Waals surface area (Å²) in [4.78, 5) is 19.4. The van der Waals surface area contributed by atoms with Gasteiger partial charge >= 0.3 is 6.01 Å². The number of allylic oxidation sites excluding steroid dienone is 3. The molecule has 2 atom stereocenters. The normalized spacial score (nSPS) is 26.5. The van der Waals surface area contributed by atoms with E-state index in [2.05, 4.69) is 45.5 Å². The Morgan fingerprint density at radius 2 is 1.81 bits per heavy atom. The summed E-state index contributed by atoms with van der Waals surface area (Å²) >= 11 is 0. The molecule has 4 aliphatic heterocycles. The van der Waals surface area contributed by atoms with Gasteiger partial charge in [-0.3, -0.25) is 9.88 Å². The number of hydrogen-bond acceptors (Lipinski definition) is 7. The fourth-order valence-electron chi connectivity index (χ4n) is 8.64. The molecule has 5 fully saturated rings. The van der Waals surface area contributed by atoms with Crippen molar-refractivity contribution in [3.05, 3.63) is 59.6 Å². The first-order chi connectivity index (χ1) is 20.6. The summed E-state index contributed by atoms with van der Waals surface area (Å²) in [6, 6.07) is 7.29. The van der Waals surface area contributed by atoms with Crippen molar-refractivity contribution in [2.45, 2.75) is 74.4 Å². The van der Waals surface area contributed by atoms with Crippen LogP contribution in [0.1, 0.15) is 62.5 Å². The molecule has 42 heavy (non-hydrogen) atoms. The van der Waals surface area contributed by atoms with Crippen LogP contribution in [0.15, 0.2) is 42.6 Å². The van der Waals surface area contributed by atoms with Crippen LogP contribution in [0.25, 0.3) is 28.2 Å². The number of nitrogens with one attached hydrogen (secondary N) is 1. The maximum absolute atomic E-state index is 16.9. The fourth-order valence-corrected chi connectivity index (χ4v) is 8.64. The number of aromatic nitrogens is 3. The Labute approximate surface area is 245 Å². The van der Waals surface area contributed by atoms with Crippen molar-refractivity contribution in [1.82, 2.24) is 25.2 Å². The molecule has 216 valence electrons. The third-order valence-corrected chi connectivity index (χ3v) is 10.9. The van der Waals surface area contributed by atoms with Crippen molar-refractivity contribution in [1.29, 1.82) is 0 Å². The lowest BCUT2D eigenvalue weighted by Gasteiger charge is -2.34. The number of pyridine rings is 1. The minimum absolute atomic E-state index is 0.0442. The smallest absolute Gasteiger partial charge is 0.319 e. The third kappa shape index (κ3) is 3.87. The Balaban J connectivity index is 1.17. The summed E-state index contributed by atoms with van der Waals surface area (Å²) in [6.07, 6.45) is 19.5. The Morgan fingerprint density at radius 1 is 1.00 bits per heavy atom.